The zero-order chi connectivity index (χ0) is 4.99. The molecule has 0 spiro atoms. The Morgan fingerprint density at radius 1 is 1.33 bits per heavy atom. The van der Waals surface area contributed by atoms with E-state index in [9.17, 15) is 0 Å². The SMILES string of the molecule is COC(P)OC. The molecule has 38 valence electrons. The van der Waals surface area contributed by atoms with Crippen LogP contribution in [0, 0.1) is 0 Å². The molecule has 0 aliphatic carbocycles. The fraction of sp³-hybridized carbons (Fsp3) is 1.00. The summed E-state index contributed by atoms with van der Waals surface area (Å²) in [7, 11) is 5.53. The van der Waals surface area contributed by atoms with Crippen LogP contribution in [0.1, 0.15) is 0 Å². The lowest BCUT2D eigenvalue weighted by Gasteiger charge is -2.03. The second-order valence-electron chi connectivity index (χ2n) is 0.840. The zero-order valence-corrected chi connectivity index (χ0v) is 5.13. The smallest absolute Gasteiger partial charge is 0.169 e. The van der Waals surface area contributed by atoms with Gasteiger partial charge in [0.1, 0.15) is 0 Å². The standard InChI is InChI=1S/C3H9O2P/c1-4-3(6)5-2/h3H,6H2,1-2H3. The quantitative estimate of drug-likeness (QED) is 0.377. The third kappa shape index (κ3) is 2.58. The Balaban J connectivity index is 2.75. The van der Waals surface area contributed by atoms with E-state index in [2.05, 4.69) is 18.7 Å². The molecule has 0 rings (SSSR count). The lowest BCUT2D eigenvalue weighted by molar-refractivity contribution is -0.0352. The van der Waals surface area contributed by atoms with Crippen molar-refractivity contribution < 1.29 is 9.47 Å². The molecule has 1 atom stereocenters. The van der Waals surface area contributed by atoms with Crippen molar-refractivity contribution in [2.75, 3.05) is 14.2 Å². The molecule has 0 bridgehead atoms. The Morgan fingerprint density at radius 2 is 1.67 bits per heavy atom. The summed E-state index contributed by atoms with van der Waals surface area (Å²) < 4.78 is 9.28. The normalized spacial score (nSPS) is 10.0. The molecule has 0 radical (unpaired) electrons. The van der Waals surface area contributed by atoms with Crippen molar-refractivity contribution in [2.45, 2.75) is 6.03 Å². The van der Waals surface area contributed by atoms with Crippen LogP contribution < -0.4 is 0 Å². The summed E-state index contributed by atoms with van der Waals surface area (Å²) in [6, 6.07) is -0.148. The molecule has 0 saturated heterocycles. The summed E-state index contributed by atoms with van der Waals surface area (Å²) in [5.74, 6) is 0. The molecule has 0 amide bonds. The molecule has 0 aliphatic rings. The van der Waals surface area contributed by atoms with E-state index in [1.165, 1.54) is 0 Å². The van der Waals surface area contributed by atoms with Gasteiger partial charge in [0.05, 0.1) is 0 Å². The van der Waals surface area contributed by atoms with E-state index in [0.29, 0.717) is 0 Å². The highest BCUT2D eigenvalue weighted by atomic mass is 31.0. The number of methoxy groups -OCH3 is 2. The van der Waals surface area contributed by atoms with E-state index in [-0.39, 0.29) is 6.03 Å². The molecule has 2 nitrogen and oxygen atoms in total. The summed E-state index contributed by atoms with van der Waals surface area (Å²) in [4.78, 5) is 0. The Bertz CT molecular complexity index is 28.0. The van der Waals surface area contributed by atoms with Gasteiger partial charge in [-0.1, -0.05) is 9.24 Å². The molecule has 1 unspecified atom stereocenters. The molecular formula is C3H9O2P. The molecule has 0 heterocycles. The summed E-state index contributed by atoms with van der Waals surface area (Å²) in [6.07, 6.45) is 0. The first kappa shape index (κ1) is 6.35. The van der Waals surface area contributed by atoms with Crippen molar-refractivity contribution >= 4 is 9.24 Å². The van der Waals surface area contributed by atoms with Crippen molar-refractivity contribution in [3.05, 3.63) is 0 Å². The Hall–Kier alpha value is 0.350. The van der Waals surface area contributed by atoms with Gasteiger partial charge in [-0.2, -0.15) is 0 Å². The van der Waals surface area contributed by atoms with Crippen LogP contribution >= 0.6 is 9.24 Å². The average Bonchev–Trinajstić information content (AvgIpc) is 1.65. The van der Waals surface area contributed by atoms with Crippen LogP contribution in [0.2, 0.25) is 0 Å². The van der Waals surface area contributed by atoms with Gasteiger partial charge in [0.2, 0.25) is 0 Å². The third-order valence-electron chi connectivity index (χ3n) is 0.465. The first-order valence-electron chi connectivity index (χ1n) is 1.62. The van der Waals surface area contributed by atoms with Crippen LogP contribution in [-0.2, 0) is 9.47 Å². The summed E-state index contributed by atoms with van der Waals surface area (Å²) in [5, 5.41) is 0. The van der Waals surface area contributed by atoms with Crippen molar-refractivity contribution in [2.24, 2.45) is 0 Å². The molecular weight excluding hydrogens is 99.0 g/mol. The van der Waals surface area contributed by atoms with E-state index in [1.54, 1.807) is 14.2 Å². The first-order chi connectivity index (χ1) is 2.81. The van der Waals surface area contributed by atoms with E-state index in [1.807, 2.05) is 0 Å². The topological polar surface area (TPSA) is 18.5 Å². The van der Waals surface area contributed by atoms with Gasteiger partial charge in [-0.25, -0.2) is 0 Å². The van der Waals surface area contributed by atoms with Gasteiger partial charge < -0.3 is 9.47 Å². The fourth-order valence-electron chi connectivity index (χ4n) is 0.0962. The molecule has 0 saturated carbocycles. The molecule has 0 aromatic carbocycles. The van der Waals surface area contributed by atoms with Crippen LogP contribution in [-0.4, -0.2) is 20.3 Å². The first-order valence-corrected chi connectivity index (χ1v) is 2.29. The van der Waals surface area contributed by atoms with Crippen LogP contribution in [0.5, 0.6) is 0 Å². The van der Waals surface area contributed by atoms with Gasteiger partial charge >= 0.3 is 0 Å². The second-order valence-corrected chi connectivity index (χ2v) is 1.38. The molecule has 0 aromatic heterocycles. The van der Waals surface area contributed by atoms with Gasteiger partial charge in [0.15, 0.2) is 6.03 Å². The van der Waals surface area contributed by atoms with Gasteiger partial charge in [-0.3, -0.25) is 0 Å². The fourth-order valence-corrected chi connectivity index (χ4v) is 0.0962. The molecule has 3 heteroatoms. The summed E-state index contributed by atoms with van der Waals surface area (Å²) >= 11 is 0. The number of ether oxygens (including phenoxy) is 2. The van der Waals surface area contributed by atoms with Crippen molar-refractivity contribution in [3.8, 4) is 0 Å². The molecule has 0 aromatic rings. The van der Waals surface area contributed by atoms with Crippen LogP contribution in [0.25, 0.3) is 0 Å². The number of rotatable bonds is 2. The van der Waals surface area contributed by atoms with Gasteiger partial charge in [-0.05, 0) is 0 Å². The number of hydrogen-bond donors (Lipinski definition) is 0. The predicted octanol–water partition coefficient (Wildman–Crippen LogP) is 0.438. The lowest BCUT2D eigenvalue weighted by Crippen LogP contribution is -2.00. The maximum absolute atomic E-state index is 4.64. The van der Waals surface area contributed by atoms with Crippen LogP contribution in [0.4, 0.5) is 0 Å². The molecule has 0 aliphatic heterocycles. The second kappa shape index (κ2) is 3.54. The van der Waals surface area contributed by atoms with Crippen molar-refractivity contribution in [1.82, 2.24) is 0 Å². The maximum atomic E-state index is 4.64. The van der Waals surface area contributed by atoms with Crippen LogP contribution in [0.15, 0.2) is 0 Å². The van der Waals surface area contributed by atoms with Crippen molar-refractivity contribution in [1.29, 1.82) is 0 Å². The predicted molar refractivity (Wildman–Crippen MR) is 27.5 cm³/mol. The minimum Gasteiger partial charge on any atom is -0.353 e. The van der Waals surface area contributed by atoms with E-state index in [0.717, 1.165) is 0 Å². The highest BCUT2D eigenvalue weighted by Crippen LogP contribution is 1.97. The molecule has 6 heavy (non-hydrogen) atoms. The Kier molecular flexibility index (Phi) is 3.74. The van der Waals surface area contributed by atoms with E-state index >= 15 is 0 Å². The molecule has 0 fully saturated rings. The van der Waals surface area contributed by atoms with Gasteiger partial charge in [0.25, 0.3) is 0 Å². The molecule has 0 N–H and O–H groups in total. The number of hydrogen-bond acceptors (Lipinski definition) is 2. The summed E-state index contributed by atoms with van der Waals surface area (Å²) in [6.45, 7) is 0. The third-order valence-corrected chi connectivity index (χ3v) is 1.01. The van der Waals surface area contributed by atoms with Gasteiger partial charge in [0, 0.05) is 14.2 Å². The Labute approximate surface area is 40.0 Å². The van der Waals surface area contributed by atoms with Crippen molar-refractivity contribution in [3.63, 3.8) is 0 Å². The lowest BCUT2D eigenvalue weighted by atomic mass is 11.3. The van der Waals surface area contributed by atoms with E-state index < -0.39 is 0 Å². The maximum Gasteiger partial charge on any atom is 0.169 e. The largest absolute Gasteiger partial charge is 0.353 e. The highest BCUT2D eigenvalue weighted by molar-refractivity contribution is 7.16. The van der Waals surface area contributed by atoms with E-state index in [4.69, 9.17) is 0 Å². The minimum absolute atomic E-state index is 0.148. The average molecular weight is 108 g/mol. The zero-order valence-electron chi connectivity index (χ0n) is 3.97. The summed E-state index contributed by atoms with van der Waals surface area (Å²) in [5.41, 5.74) is 0. The minimum atomic E-state index is -0.148. The van der Waals surface area contributed by atoms with Crippen LogP contribution in [0.3, 0.4) is 0 Å². The Morgan fingerprint density at radius 3 is 1.67 bits per heavy atom. The highest BCUT2D eigenvalue weighted by Gasteiger charge is 1.87. The monoisotopic (exact) mass is 108 g/mol. The van der Waals surface area contributed by atoms with Gasteiger partial charge in [-0.15, -0.1) is 0 Å².